The lowest BCUT2D eigenvalue weighted by molar-refractivity contribution is -0.144. The number of amides is 1. The molecule has 1 saturated carbocycles. The van der Waals surface area contributed by atoms with E-state index < -0.39 is 5.97 Å². The third-order valence-corrected chi connectivity index (χ3v) is 5.08. The van der Waals surface area contributed by atoms with E-state index in [-0.39, 0.29) is 23.8 Å². The van der Waals surface area contributed by atoms with Gasteiger partial charge in [0.2, 0.25) is 5.91 Å². The zero-order valence-electron chi connectivity index (χ0n) is 14.0. The number of fused-ring (bicyclic) bond motifs is 1. The molecule has 0 spiro atoms. The predicted octanol–water partition coefficient (Wildman–Crippen LogP) is 3.81. The molecular formula is C19H23NO4. The summed E-state index contributed by atoms with van der Waals surface area (Å²) in [5, 5.41) is 13.1. The molecule has 24 heavy (non-hydrogen) atoms. The maximum atomic E-state index is 12.5. The molecule has 5 nitrogen and oxygen atoms in total. The molecule has 0 bridgehead atoms. The van der Waals surface area contributed by atoms with E-state index in [1.165, 1.54) is 0 Å². The molecule has 0 saturated heterocycles. The fourth-order valence-electron chi connectivity index (χ4n) is 3.61. The highest BCUT2D eigenvalue weighted by atomic mass is 16.4. The van der Waals surface area contributed by atoms with Gasteiger partial charge in [0.1, 0.15) is 11.3 Å². The van der Waals surface area contributed by atoms with Crippen LogP contribution in [0.25, 0.3) is 11.0 Å². The average Bonchev–Trinajstić information content (AvgIpc) is 2.92. The number of carbonyl (C=O) groups excluding carboxylic acids is 1. The highest BCUT2D eigenvalue weighted by Crippen LogP contribution is 2.32. The van der Waals surface area contributed by atoms with Crippen LogP contribution >= 0.6 is 0 Å². The summed E-state index contributed by atoms with van der Waals surface area (Å²) in [6.45, 7) is 3.92. The van der Waals surface area contributed by atoms with Gasteiger partial charge < -0.3 is 14.8 Å². The molecule has 0 radical (unpaired) electrons. The summed E-state index contributed by atoms with van der Waals surface area (Å²) in [5.74, 6) is -0.382. The number of carboxylic acids is 1. The number of carboxylic acid groups (broad SMARTS) is 1. The maximum absolute atomic E-state index is 12.5. The standard InChI is InChI=1S/C19H23NO4/c1-11-15-5-3-4-6-16(15)24-17(11)12(2)20-18(21)13-7-9-14(10-8-13)19(22)23/h3-6,12-14H,7-10H2,1-2H3,(H,20,21)(H,22,23). The molecule has 1 aromatic carbocycles. The molecule has 1 amide bonds. The molecule has 1 fully saturated rings. The first-order chi connectivity index (χ1) is 11.5. The van der Waals surface area contributed by atoms with Crippen LogP contribution in [0.5, 0.6) is 0 Å². The van der Waals surface area contributed by atoms with Gasteiger partial charge in [-0.2, -0.15) is 0 Å². The highest BCUT2D eigenvalue weighted by Gasteiger charge is 2.30. The van der Waals surface area contributed by atoms with Crippen molar-refractivity contribution >= 4 is 22.8 Å². The first kappa shape index (κ1) is 16.6. The van der Waals surface area contributed by atoms with Gasteiger partial charge in [0, 0.05) is 16.9 Å². The van der Waals surface area contributed by atoms with Gasteiger partial charge >= 0.3 is 5.97 Å². The Morgan fingerprint density at radius 2 is 1.79 bits per heavy atom. The van der Waals surface area contributed by atoms with Crippen LogP contribution in [0.3, 0.4) is 0 Å². The summed E-state index contributed by atoms with van der Waals surface area (Å²) >= 11 is 0. The minimum Gasteiger partial charge on any atom is -0.481 e. The Bertz CT molecular complexity index is 756. The lowest BCUT2D eigenvalue weighted by atomic mass is 9.81. The molecule has 3 rings (SSSR count). The Hall–Kier alpha value is -2.30. The zero-order chi connectivity index (χ0) is 17.3. The second-order valence-corrected chi connectivity index (χ2v) is 6.70. The summed E-state index contributed by atoms with van der Waals surface area (Å²) in [7, 11) is 0. The molecule has 5 heteroatoms. The number of hydrogen-bond acceptors (Lipinski definition) is 3. The Labute approximate surface area is 141 Å². The number of rotatable bonds is 4. The number of benzene rings is 1. The van der Waals surface area contributed by atoms with E-state index in [1.807, 2.05) is 38.1 Å². The highest BCUT2D eigenvalue weighted by molar-refractivity contribution is 5.83. The number of hydrogen-bond donors (Lipinski definition) is 2. The van der Waals surface area contributed by atoms with Crippen LogP contribution < -0.4 is 5.32 Å². The van der Waals surface area contributed by atoms with Crippen LogP contribution in [0.4, 0.5) is 0 Å². The van der Waals surface area contributed by atoms with Crippen molar-refractivity contribution in [1.29, 1.82) is 0 Å². The molecule has 0 aliphatic heterocycles. The van der Waals surface area contributed by atoms with Crippen molar-refractivity contribution in [2.45, 2.75) is 45.6 Å². The maximum Gasteiger partial charge on any atom is 0.306 e. The van der Waals surface area contributed by atoms with Gasteiger partial charge in [0.25, 0.3) is 0 Å². The van der Waals surface area contributed by atoms with E-state index in [2.05, 4.69) is 5.32 Å². The van der Waals surface area contributed by atoms with Gasteiger partial charge in [-0.1, -0.05) is 18.2 Å². The smallest absolute Gasteiger partial charge is 0.306 e. The molecule has 1 aromatic heterocycles. The SMILES string of the molecule is Cc1c(C(C)NC(=O)C2CCC(C(=O)O)CC2)oc2ccccc12. The number of carbonyl (C=O) groups is 2. The monoisotopic (exact) mass is 329 g/mol. The van der Waals surface area contributed by atoms with Crippen LogP contribution in [-0.2, 0) is 9.59 Å². The molecular weight excluding hydrogens is 306 g/mol. The summed E-state index contributed by atoms with van der Waals surface area (Å²) in [6, 6.07) is 7.63. The number of furan rings is 1. The van der Waals surface area contributed by atoms with E-state index in [0.29, 0.717) is 25.7 Å². The lowest BCUT2D eigenvalue weighted by Gasteiger charge is -2.26. The molecule has 1 atom stereocenters. The molecule has 1 heterocycles. The van der Waals surface area contributed by atoms with Gasteiger partial charge in [-0.15, -0.1) is 0 Å². The second-order valence-electron chi connectivity index (χ2n) is 6.70. The van der Waals surface area contributed by atoms with Gasteiger partial charge in [0.05, 0.1) is 12.0 Å². The zero-order valence-corrected chi connectivity index (χ0v) is 14.0. The summed E-state index contributed by atoms with van der Waals surface area (Å²) < 4.78 is 5.90. The Kier molecular flexibility index (Phi) is 4.60. The van der Waals surface area contributed by atoms with E-state index >= 15 is 0 Å². The van der Waals surface area contributed by atoms with E-state index in [9.17, 15) is 9.59 Å². The van der Waals surface area contributed by atoms with Crippen LogP contribution in [0.2, 0.25) is 0 Å². The van der Waals surface area contributed by atoms with Gasteiger partial charge in [-0.3, -0.25) is 9.59 Å². The van der Waals surface area contributed by atoms with Crippen LogP contribution in [0.15, 0.2) is 28.7 Å². The second kappa shape index (κ2) is 6.67. The van der Waals surface area contributed by atoms with Crippen molar-refractivity contribution in [1.82, 2.24) is 5.32 Å². The minimum atomic E-state index is -0.750. The van der Waals surface area contributed by atoms with E-state index in [1.54, 1.807) is 0 Å². The third kappa shape index (κ3) is 3.16. The average molecular weight is 329 g/mol. The fourth-order valence-corrected chi connectivity index (χ4v) is 3.61. The predicted molar refractivity (Wildman–Crippen MR) is 90.6 cm³/mol. The normalized spacial score (nSPS) is 22.2. The van der Waals surface area contributed by atoms with Crippen LogP contribution in [0.1, 0.15) is 50.0 Å². The van der Waals surface area contributed by atoms with Crippen LogP contribution in [-0.4, -0.2) is 17.0 Å². The van der Waals surface area contributed by atoms with Crippen molar-refractivity contribution in [2.75, 3.05) is 0 Å². The third-order valence-electron chi connectivity index (χ3n) is 5.08. The fraction of sp³-hybridized carbons (Fsp3) is 0.474. The van der Waals surface area contributed by atoms with Crippen molar-refractivity contribution < 1.29 is 19.1 Å². The van der Waals surface area contributed by atoms with Crippen molar-refractivity contribution in [2.24, 2.45) is 11.8 Å². The minimum absolute atomic E-state index is 0.00815. The van der Waals surface area contributed by atoms with Gasteiger partial charge in [0.15, 0.2) is 0 Å². The molecule has 1 aliphatic carbocycles. The van der Waals surface area contributed by atoms with Gasteiger partial charge in [-0.05, 0) is 45.6 Å². The summed E-state index contributed by atoms with van der Waals surface area (Å²) in [6.07, 6.45) is 2.42. The van der Waals surface area contributed by atoms with Crippen molar-refractivity contribution in [3.05, 3.63) is 35.6 Å². The summed E-state index contributed by atoms with van der Waals surface area (Å²) in [5.41, 5.74) is 1.88. The van der Waals surface area contributed by atoms with Crippen molar-refractivity contribution in [3.63, 3.8) is 0 Å². The van der Waals surface area contributed by atoms with Crippen LogP contribution in [0, 0.1) is 18.8 Å². The summed E-state index contributed by atoms with van der Waals surface area (Å²) in [4.78, 5) is 23.5. The molecule has 1 aliphatic rings. The Morgan fingerprint density at radius 3 is 2.42 bits per heavy atom. The largest absolute Gasteiger partial charge is 0.481 e. The topological polar surface area (TPSA) is 79.5 Å². The van der Waals surface area contributed by atoms with Gasteiger partial charge in [-0.25, -0.2) is 0 Å². The van der Waals surface area contributed by atoms with E-state index in [4.69, 9.17) is 9.52 Å². The molecule has 2 aromatic rings. The first-order valence-electron chi connectivity index (χ1n) is 8.48. The lowest BCUT2D eigenvalue weighted by Crippen LogP contribution is -2.35. The molecule has 128 valence electrons. The number of aliphatic carboxylic acids is 1. The Balaban J connectivity index is 1.66. The number of para-hydroxylation sites is 1. The quantitative estimate of drug-likeness (QED) is 0.894. The Morgan fingerprint density at radius 1 is 1.17 bits per heavy atom. The molecule has 2 N–H and O–H groups in total. The first-order valence-corrected chi connectivity index (χ1v) is 8.48. The van der Waals surface area contributed by atoms with Crippen molar-refractivity contribution in [3.8, 4) is 0 Å². The number of aryl methyl sites for hydroxylation is 1. The number of nitrogens with one attached hydrogen (secondary N) is 1. The molecule has 1 unspecified atom stereocenters. The van der Waals surface area contributed by atoms with E-state index in [0.717, 1.165) is 22.3 Å².